The number of anilines is 2. The monoisotopic (exact) mass is 225 g/mol. The van der Waals surface area contributed by atoms with Gasteiger partial charge in [0, 0.05) is 5.69 Å². The van der Waals surface area contributed by atoms with Gasteiger partial charge in [-0.3, -0.25) is 5.10 Å². The fourth-order valence-corrected chi connectivity index (χ4v) is 1.88. The van der Waals surface area contributed by atoms with Crippen LogP contribution in [0.3, 0.4) is 0 Å². The highest BCUT2D eigenvalue weighted by Gasteiger charge is 2.44. The minimum atomic E-state index is -0.253. The molecule has 0 aliphatic heterocycles. The van der Waals surface area contributed by atoms with E-state index < -0.39 is 0 Å². The third kappa shape index (κ3) is 1.74. The van der Waals surface area contributed by atoms with E-state index in [9.17, 15) is 0 Å². The standard InChI is InChI=1S/C12H11N5/c13-7-12(4-5-12)9-2-1-3-10(6-9)16-11-14-8-15-17-11/h1-3,6,8H,4-5H2,(H2,14,15,16,17). The molecule has 1 aromatic carbocycles. The Morgan fingerprint density at radius 3 is 2.94 bits per heavy atom. The summed E-state index contributed by atoms with van der Waals surface area (Å²) < 4.78 is 0. The zero-order chi connectivity index (χ0) is 11.7. The third-order valence-corrected chi connectivity index (χ3v) is 3.05. The Balaban J connectivity index is 1.88. The van der Waals surface area contributed by atoms with Crippen LogP contribution < -0.4 is 5.32 Å². The van der Waals surface area contributed by atoms with Gasteiger partial charge in [-0.25, -0.2) is 4.98 Å². The van der Waals surface area contributed by atoms with Crippen molar-refractivity contribution in [3.05, 3.63) is 36.2 Å². The smallest absolute Gasteiger partial charge is 0.246 e. The fraction of sp³-hybridized carbons (Fsp3) is 0.250. The molecule has 1 aromatic heterocycles. The molecule has 84 valence electrons. The van der Waals surface area contributed by atoms with Gasteiger partial charge < -0.3 is 5.32 Å². The van der Waals surface area contributed by atoms with Crippen LogP contribution in [0, 0.1) is 11.3 Å². The zero-order valence-corrected chi connectivity index (χ0v) is 9.14. The topological polar surface area (TPSA) is 77.4 Å². The van der Waals surface area contributed by atoms with E-state index in [1.807, 2.05) is 24.3 Å². The number of aromatic nitrogens is 3. The summed E-state index contributed by atoms with van der Waals surface area (Å²) in [5.74, 6) is 0.531. The summed E-state index contributed by atoms with van der Waals surface area (Å²) in [6.07, 6.45) is 3.42. The minimum absolute atomic E-state index is 0.253. The van der Waals surface area contributed by atoms with Gasteiger partial charge in [0.15, 0.2) is 0 Å². The van der Waals surface area contributed by atoms with Crippen LogP contribution in [-0.2, 0) is 5.41 Å². The highest BCUT2D eigenvalue weighted by Crippen LogP contribution is 2.47. The quantitative estimate of drug-likeness (QED) is 0.838. The van der Waals surface area contributed by atoms with Gasteiger partial charge in [-0.1, -0.05) is 12.1 Å². The lowest BCUT2D eigenvalue weighted by Gasteiger charge is -2.08. The van der Waals surface area contributed by atoms with Crippen LogP contribution in [0.25, 0.3) is 0 Å². The maximum atomic E-state index is 9.16. The van der Waals surface area contributed by atoms with Crippen molar-refractivity contribution < 1.29 is 0 Å². The number of nitrogens with zero attached hydrogens (tertiary/aromatic N) is 3. The van der Waals surface area contributed by atoms with E-state index in [0.717, 1.165) is 24.1 Å². The summed E-state index contributed by atoms with van der Waals surface area (Å²) >= 11 is 0. The van der Waals surface area contributed by atoms with Crippen molar-refractivity contribution in [1.29, 1.82) is 5.26 Å². The lowest BCUT2D eigenvalue weighted by molar-refractivity contribution is 0.909. The van der Waals surface area contributed by atoms with Crippen LogP contribution in [0.2, 0.25) is 0 Å². The van der Waals surface area contributed by atoms with Crippen LogP contribution in [0.15, 0.2) is 30.6 Å². The van der Waals surface area contributed by atoms with Crippen LogP contribution in [0.4, 0.5) is 11.6 Å². The van der Waals surface area contributed by atoms with Crippen LogP contribution in [0.5, 0.6) is 0 Å². The Labute approximate surface area is 98.5 Å². The first-order chi connectivity index (χ1) is 8.32. The first kappa shape index (κ1) is 9.85. The highest BCUT2D eigenvalue weighted by atomic mass is 15.3. The zero-order valence-electron chi connectivity index (χ0n) is 9.14. The van der Waals surface area contributed by atoms with Crippen molar-refractivity contribution in [2.75, 3.05) is 5.32 Å². The van der Waals surface area contributed by atoms with Crippen molar-refractivity contribution in [3.8, 4) is 6.07 Å². The van der Waals surface area contributed by atoms with Crippen molar-refractivity contribution in [1.82, 2.24) is 15.2 Å². The SMILES string of the molecule is N#CC1(c2cccc(Nc3nc[nH]n3)c2)CC1. The van der Waals surface area contributed by atoms with E-state index in [1.54, 1.807) is 0 Å². The lowest BCUT2D eigenvalue weighted by Crippen LogP contribution is -2.03. The summed E-state index contributed by atoms with van der Waals surface area (Å²) in [5, 5.41) is 18.8. The van der Waals surface area contributed by atoms with Gasteiger partial charge in [0.1, 0.15) is 6.33 Å². The van der Waals surface area contributed by atoms with Gasteiger partial charge in [-0.05, 0) is 30.5 Å². The first-order valence-electron chi connectivity index (χ1n) is 5.47. The summed E-state index contributed by atoms with van der Waals surface area (Å²) in [6, 6.07) is 10.3. The number of benzene rings is 1. The molecule has 0 unspecified atom stereocenters. The molecule has 5 nitrogen and oxygen atoms in total. The Bertz CT molecular complexity index is 563. The molecule has 0 saturated heterocycles. The molecule has 0 atom stereocenters. The predicted octanol–water partition coefficient (Wildman–Crippen LogP) is 2.10. The van der Waals surface area contributed by atoms with E-state index >= 15 is 0 Å². The van der Waals surface area contributed by atoms with Crippen LogP contribution in [-0.4, -0.2) is 15.2 Å². The maximum Gasteiger partial charge on any atom is 0.246 e. The normalized spacial score (nSPS) is 16.2. The summed E-state index contributed by atoms with van der Waals surface area (Å²) in [5.41, 5.74) is 1.72. The number of aromatic amines is 1. The maximum absolute atomic E-state index is 9.16. The molecule has 1 aliphatic carbocycles. The van der Waals surface area contributed by atoms with E-state index in [2.05, 4.69) is 26.6 Å². The number of rotatable bonds is 3. The van der Waals surface area contributed by atoms with E-state index in [-0.39, 0.29) is 5.41 Å². The molecule has 0 bridgehead atoms. The second kappa shape index (κ2) is 3.59. The average Bonchev–Trinajstić information content (AvgIpc) is 3.02. The summed E-state index contributed by atoms with van der Waals surface area (Å²) in [4.78, 5) is 4.00. The Kier molecular flexibility index (Phi) is 2.08. The predicted molar refractivity (Wildman–Crippen MR) is 62.6 cm³/mol. The molecule has 2 N–H and O–H groups in total. The van der Waals surface area contributed by atoms with Gasteiger partial charge in [0.2, 0.25) is 5.95 Å². The Morgan fingerprint density at radius 1 is 1.41 bits per heavy atom. The van der Waals surface area contributed by atoms with Gasteiger partial charge in [-0.2, -0.15) is 5.26 Å². The van der Waals surface area contributed by atoms with Crippen molar-refractivity contribution in [2.45, 2.75) is 18.3 Å². The molecular weight excluding hydrogens is 214 g/mol. The second-order valence-corrected chi connectivity index (χ2v) is 4.22. The first-order valence-corrected chi connectivity index (χ1v) is 5.47. The number of hydrogen-bond acceptors (Lipinski definition) is 4. The number of nitriles is 1. The second-order valence-electron chi connectivity index (χ2n) is 4.22. The van der Waals surface area contributed by atoms with Crippen LogP contribution in [0.1, 0.15) is 18.4 Å². The van der Waals surface area contributed by atoms with Gasteiger partial charge in [0.25, 0.3) is 0 Å². The number of H-pyrrole nitrogens is 1. The molecule has 2 aromatic rings. The Hall–Kier alpha value is -2.35. The average molecular weight is 225 g/mol. The molecule has 3 rings (SSSR count). The minimum Gasteiger partial charge on any atom is -0.323 e. The van der Waals surface area contributed by atoms with E-state index in [0.29, 0.717) is 5.95 Å². The molecule has 1 saturated carbocycles. The molecule has 0 spiro atoms. The van der Waals surface area contributed by atoms with Crippen molar-refractivity contribution in [2.24, 2.45) is 0 Å². The molecule has 1 fully saturated rings. The van der Waals surface area contributed by atoms with Crippen molar-refractivity contribution in [3.63, 3.8) is 0 Å². The molecular formula is C12H11N5. The molecule has 5 heteroatoms. The number of nitrogens with one attached hydrogen (secondary N) is 2. The Morgan fingerprint density at radius 2 is 2.29 bits per heavy atom. The summed E-state index contributed by atoms with van der Waals surface area (Å²) in [6.45, 7) is 0. The highest BCUT2D eigenvalue weighted by molar-refractivity contribution is 5.56. The molecule has 0 amide bonds. The number of hydrogen-bond donors (Lipinski definition) is 2. The largest absolute Gasteiger partial charge is 0.323 e. The molecule has 1 aliphatic rings. The summed E-state index contributed by atoms with van der Waals surface area (Å²) in [7, 11) is 0. The van der Waals surface area contributed by atoms with Gasteiger partial charge in [-0.15, -0.1) is 5.10 Å². The third-order valence-electron chi connectivity index (χ3n) is 3.05. The molecule has 1 heterocycles. The lowest BCUT2D eigenvalue weighted by atomic mass is 9.97. The van der Waals surface area contributed by atoms with E-state index in [1.165, 1.54) is 6.33 Å². The van der Waals surface area contributed by atoms with Crippen LogP contribution >= 0.6 is 0 Å². The van der Waals surface area contributed by atoms with Gasteiger partial charge >= 0.3 is 0 Å². The van der Waals surface area contributed by atoms with Crippen molar-refractivity contribution >= 4 is 11.6 Å². The van der Waals surface area contributed by atoms with Gasteiger partial charge in [0.05, 0.1) is 11.5 Å². The van der Waals surface area contributed by atoms with E-state index in [4.69, 9.17) is 5.26 Å². The molecule has 17 heavy (non-hydrogen) atoms. The molecule has 0 radical (unpaired) electrons. The fourth-order valence-electron chi connectivity index (χ4n) is 1.88.